The first kappa shape index (κ1) is 136. The summed E-state index contributed by atoms with van der Waals surface area (Å²) in [4.78, 5) is 42.2. The van der Waals surface area contributed by atoms with E-state index in [9.17, 15) is 4.79 Å². The SMILES string of the molecule is CC(C)(C)CNC1CCN(COC(C)(C)C)CC1.CC(C)(C)NC1CCN(CCOC(C)(C)C)CC1.CC(C)(C)OC1CCC(OCCN2CCN(C(C)(C)C)CC2)CC1.CC(C)(C)OCCN1CCN(CCOC(C)(C)C)CC1.CC(C)(C)OCCN1C[C@@H]2C[C@H]1CN2CCOC(C)(C)C.CC(C)(C)OCCN1C[C@H]2C[C@@H]1CN2CCOC(C)(C)C.CC(COC(C)(C)C)N1CCN(CC(=O)NCC(C)(C)C)CC1. The van der Waals surface area contributed by atoms with Gasteiger partial charge in [0, 0.05) is 237 Å². The summed E-state index contributed by atoms with van der Waals surface area (Å²) in [6.07, 6.45) is 13.1. The van der Waals surface area contributed by atoms with Crippen molar-refractivity contribution in [2.75, 3.05) is 269 Å². The van der Waals surface area contributed by atoms with Crippen LogP contribution in [-0.4, -0.2) is 455 Å². The molecule has 0 aromatic carbocycles. The maximum Gasteiger partial charge on any atom is 0.234 e. The van der Waals surface area contributed by atoms with Crippen LogP contribution in [0.5, 0.6) is 0 Å². The van der Waals surface area contributed by atoms with E-state index in [0.29, 0.717) is 47.8 Å². The van der Waals surface area contributed by atoms with Crippen LogP contribution >= 0.6 is 0 Å². The maximum atomic E-state index is 12.0. The second kappa shape index (κ2) is 62.6. The highest BCUT2D eigenvalue weighted by Crippen LogP contribution is 2.34. The van der Waals surface area contributed by atoms with Crippen LogP contribution in [0.3, 0.4) is 0 Å². The molecule has 9 aliphatic heterocycles. The number of carbonyl (C=O) groups excluding carboxylic acids is 1. The number of carbonyl (C=O) groups is 1. The number of nitrogens with zero attached hydrogens (tertiary/aromatic N) is 12. The van der Waals surface area contributed by atoms with E-state index in [4.69, 9.17) is 52.1 Å². The third kappa shape index (κ3) is 69.3. The number of piperidine rings is 2. The Morgan fingerprint density at radius 2 is 0.593 bits per heavy atom. The third-order valence-corrected chi connectivity index (χ3v) is 27.5. The Kier molecular flexibility index (Phi) is 58.6. The van der Waals surface area contributed by atoms with Crippen LogP contribution in [0.2, 0.25) is 0 Å². The average Bonchev–Trinajstić information content (AvgIpc) is 1.65. The van der Waals surface area contributed by atoms with Gasteiger partial charge in [-0.1, -0.05) is 41.5 Å². The number of ether oxygens (including phenoxy) is 11. The van der Waals surface area contributed by atoms with E-state index in [0.717, 1.165) is 247 Å². The van der Waals surface area contributed by atoms with Crippen molar-refractivity contribution in [1.29, 1.82) is 0 Å². The summed E-state index contributed by atoms with van der Waals surface area (Å²) < 4.78 is 64.7. The van der Waals surface area contributed by atoms with Crippen LogP contribution in [-0.2, 0) is 56.9 Å². The van der Waals surface area contributed by atoms with Gasteiger partial charge in [-0.3, -0.25) is 58.7 Å². The van der Waals surface area contributed by atoms with Crippen molar-refractivity contribution in [2.24, 2.45) is 10.8 Å². The highest BCUT2D eigenvalue weighted by molar-refractivity contribution is 5.78. The number of amides is 1. The molecule has 27 heteroatoms. The molecule has 10 aliphatic rings. The molecular weight excluding hydrogens is 1820 g/mol. The first-order valence-corrected chi connectivity index (χ1v) is 58.0. The monoisotopic (exact) mass is 2060 g/mol. The number of nitrogens with one attached hydrogen (secondary N) is 3. The predicted octanol–water partition coefficient (Wildman–Crippen LogP) is 18.0. The summed E-state index contributed by atoms with van der Waals surface area (Å²) >= 11 is 0. The molecule has 1 amide bonds. The summed E-state index contributed by atoms with van der Waals surface area (Å²) in [6.45, 7) is 135. The molecule has 145 heavy (non-hydrogen) atoms. The van der Waals surface area contributed by atoms with Gasteiger partial charge < -0.3 is 73.0 Å². The Hall–Kier alpha value is -1.53. The normalized spacial score (nSPS) is 23.6. The Morgan fingerprint density at radius 1 is 0.297 bits per heavy atom. The molecule has 1 unspecified atom stereocenters. The summed E-state index contributed by atoms with van der Waals surface area (Å²) in [5.41, 5.74) is 0.802. The van der Waals surface area contributed by atoms with E-state index in [1.54, 1.807) is 0 Å². The van der Waals surface area contributed by atoms with Crippen molar-refractivity contribution in [1.82, 2.24) is 74.7 Å². The van der Waals surface area contributed by atoms with Gasteiger partial charge in [-0.15, -0.1) is 0 Å². The second-order valence-electron chi connectivity index (χ2n) is 58.1. The van der Waals surface area contributed by atoms with E-state index < -0.39 is 0 Å². The fourth-order valence-electron chi connectivity index (χ4n) is 19.5. The third-order valence-electron chi connectivity index (χ3n) is 27.5. The average molecular weight is 2060 g/mol. The lowest BCUT2D eigenvalue weighted by Crippen LogP contribution is -2.53. The van der Waals surface area contributed by atoms with Crippen molar-refractivity contribution < 1.29 is 56.9 Å². The number of hydrogen-bond acceptors (Lipinski definition) is 26. The van der Waals surface area contributed by atoms with Gasteiger partial charge in [-0.05, 0) is 344 Å². The maximum absolute atomic E-state index is 12.0. The summed E-state index contributed by atoms with van der Waals surface area (Å²) in [7, 11) is 0. The van der Waals surface area contributed by atoms with E-state index in [1.807, 2.05) is 0 Å². The lowest BCUT2D eigenvalue weighted by atomic mass is 9.94. The minimum Gasteiger partial charge on any atom is -0.377 e. The highest BCUT2D eigenvalue weighted by Gasteiger charge is 2.45. The Morgan fingerprint density at radius 3 is 0.903 bits per heavy atom. The number of rotatable bonds is 37. The fourth-order valence-corrected chi connectivity index (χ4v) is 19.5. The summed E-state index contributed by atoms with van der Waals surface area (Å²) in [6, 6.07) is 4.72. The van der Waals surface area contributed by atoms with Crippen molar-refractivity contribution >= 4 is 5.91 Å². The van der Waals surface area contributed by atoms with Gasteiger partial charge in [-0.25, -0.2) is 0 Å². The molecule has 9 heterocycles. The van der Waals surface area contributed by atoms with Crippen LogP contribution in [0.4, 0.5) is 0 Å². The summed E-state index contributed by atoms with van der Waals surface area (Å²) in [5.74, 6) is 0.137. The minimum atomic E-state index is -0.0821. The van der Waals surface area contributed by atoms with Gasteiger partial charge in [0.15, 0.2) is 0 Å². The molecule has 1 saturated carbocycles. The van der Waals surface area contributed by atoms with Crippen molar-refractivity contribution in [3.8, 4) is 0 Å². The minimum absolute atomic E-state index is 0.00782. The molecule has 5 atom stereocenters. The molecular formula is C118H243N15O12. The van der Waals surface area contributed by atoms with Crippen LogP contribution in [0.1, 0.15) is 362 Å². The van der Waals surface area contributed by atoms with Crippen molar-refractivity contribution in [3.63, 3.8) is 0 Å². The van der Waals surface area contributed by atoms with E-state index in [-0.39, 0.29) is 72.9 Å². The molecule has 9 saturated heterocycles. The number of likely N-dealkylation sites (tertiary alicyclic amines) is 6. The molecule has 4 bridgehead atoms. The smallest absolute Gasteiger partial charge is 0.234 e. The van der Waals surface area contributed by atoms with Gasteiger partial charge >= 0.3 is 0 Å². The van der Waals surface area contributed by atoms with Gasteiger partial charge in [0.25, 0.3) is 0 Å². The molecule has 10 fully saturated rings. The fraction of sp³-hybridized carbons (Fsp3) is 0.992. The number of piperazine rings is 5. The molecule has 0 radical (unpaired) electrons. The highest BCUT2D eigenvalue weighted by atomic mass is 16.5. The number of fused-ring (bicyclic) bond motifs is 4. The molecule has 0 spiro atoms. The van der Waals surface area contributed by atoms with Crippen LogP contribution < -0.4 is 16.0 Å². The first-order valence-electron chi connectivity index (χ1n) is 58.0. The Balaban J connectivity index is 0.000000353. The molecule has 0 aromatic heterocycles. The van der Waals surface area contributed by atoms with Gasteiger partial charge in [0.1, 0.15) is 0 Å². The lowest BCUT2D eigenvalue weighted by Gasteiger charge is -2.42. The zero-order valence-electron chi connectivity index (χ0n) is 104. The second-order valence-corrected chi connectivity index (χ2v) is 58.1. The van der Waals surface area contributed by atoms with Gasteiger partial charge in [0.2, 0.25) is 5.91 Å². The zero-order valence-corrected chi connectivity index (χ0v) is 104. The molecule has 27 nitrogen and oxygen atoms in total. The Bertz CT molecular complexity index is 3150. The van der Waals surface area contributed by atoms with Crippen LogP contribution in [0.15, 0.2) is 0 Å². The molecule has 10 rings (SSSR count). The van der Waals surface area contributed by atoms with Crippen molar-refractivity contribution in [3.05, 3.63) is 0 Å². The van der Waals surface area contributed by atoms with Crippen LogP contribution in [0, 0.1) is 10.8 Å². The van der Waals surface area contributed by atoms with E-state index >= 15 is 0 Å². The topological polar surface area (TPSA) is 194 Å². The van der Waals surface area contributed by atoms with E-state index in [1.165, 1.54) is 104 Å². The predicted molar refractivity (Wildman–Crippen MR) is 610 cm³/mol. The summed E-state index contributed by atoms with van der Waals surface area (Å²) in [5, 5.41) is 10.4. The standard InChI is InChI=1S/C20H40N2O2.C18H37N3O2.2C17H34N2O2.C16H34N2O2.2C15H32N2O/c1-19(2,3)22-13-11-21(12-14-22)15-16-23-17-7-9-18(10-8-17)24-20(4,5)6;1-15(13-23-18(5,6)7)21-10-8-20(9-11-21)12-16(22)19-14-17(2,3)4;2*1-16(2,3)20-9-7-18-12-15-11-14(18)13-19(15)8-10-21-17(4,5)6;1-15(2,3)19-13-11-17-7-9-18(10-8-17)12-14-20-16(4,5)6;1-14(2,3)11-16-13-7-9-17(10-8-13)12-18-15(4,5)6;1-14(2,3)16-13-7-9-17(10-8-13)11-12-18-15(4,5)6/h17-18H,7-16H2,1-6H3;15H,8-14H2,1-7H3,(H,19,22);2*14-15H,7-13H2,1-6H3;7-14H2,1-6H3;2*13,16H,7-12H2,1-6H3/t;;2*14-,15-;;;/m..10.../s1. The first-order chi connectivity index (χ1) is 66.3. The lowest BCUT2D eigenvalue weighted by molar-refractivity contribution is -0.123. The molecule has 3 N–H and O–H groups in total. The zero-order chi connectivity index (χ0) is 110. The molecule has 862 valence electrons. The van der Waals surface area contributed by atoms with Gasteiger partial charge in [-0.2, -0.15) is 0 Å². The van der Waals surface area contributed by atoms with Gasteiger partial charge in [0.05, 0.1) is 141 Å². The van der Waals surface area contributed by atoms with Crippen LogP contribution in [0.25, 0.3) is 0 Å². The van der Waals surface area contributed by atoms with Crippen molar-refractivity contribution in [2.45, 2.75) is 484 Å². The molecule has 0 aromatic rings. The Labute approximate surface area is 896 Å². The largest absolute Gasteiger partial charge is 0.377 e. The number of hydrogen-bond donors (Lipinski definition) is 3. The van der Waals surface area contributed by atoms with E-state index in [2.05, 4.69) is 372 Å². The quantitative estimate of drug-likeness (QED) is 0.0531. The molecule has 1 aliphatic carbocycles.